The average molecular weight is 445 g/mol. The van der Waals surface area contributed by atoms with Crippen molar-refractivity contribution in [3.8, 4) is 5.75 Å². The first kappa shape index (κ1) is 23.8. The van der Waals surface area contributed by atoms with E-state index in [2.05, 4.69) is 22.5 Å². The van der Waals surface area contributed by atoms with Crippen LogP contribution >= 0.6 is 11.6 Å². The van der Waals surface area contributed by atoms with Gasteiger partial charge in [-0.3, -0.25) is 0 Å². The Hall–Kier alpha value is -1.51. The monoisotopic (exact) mass is 444 g/mol. The summed E-state index contributed by atoms with van der Waals surface area (Å²) in [4.78, 5) is 4.67. The molecule has 0 saturated carbocycles. The molecule has 164 valence electrons. The molecule has 29 heavy (non-hydrogen) atoms. The molecule has 0 aliphatic carbocycles. The summed E-state index contributed by atoms with van der Waals surface area (Å²) in [6.45, 7) is 7.31. The Kier molecular flexibility index (Phi) is 9.52. The van der Waals surface area contributed by atoms with E-state index in [9.17, 15) is 8.42 Å². The fourth-order valence-electron chi connectivity index (χ4n) is 3.19. The molecular weight excluding hydrogens is 412 g/mol. The van der Waals surface area contributed by atoms with Gasteiger partial charge in [-0.25, -0.2) is 17.7 Å². The van der Waals surface area contributed by atoms with Crippen molar-refractivity contribution < 1.29 is 13.2 Å². The van der Waals surface area contributed by atoms with Crippen molar-refractivity contribution >= 4 is 27.6 Å². The molecule has 1 heterocycles. The van der Waals surface area contributed by atoms with Gasteiger partial charge in [0.2, 0.25) is 10.0 Å². The Morgan fingerprint density at radius 3 is 2.55 bits per heavy atom. The fraction of sp³-hybridized carbons (Fsp3) is 0.650. The van der Waals surface area contributed by atoms with Gasteiger partial charge in [-0.2, -0.15) is 0 Å². The highest BCUT2D eigenvalue weighted by molar-refractivity contribution is 7.88. The molecule has 7 nitrogen and oxygen atoms in total. The summed E-state index contributed by atoms with van der Waals surface area (Å²) < 4.78 is 30.8. The van der Waals surface area contributed by atoms with E-state index in [-0.39, 0.29) is 6.10 Å². The molecule has 0 spiro atoms. The maximum Gasteiger partial charge on any atom is 0.211 e. The van der Waals surface area contributed by atoms with Crippen LogP contribution in [0.5, 0.6) is 5.75 Å². The predicted octanol–water partition coefficient (Wildman–Crippen LogP) is 2.72. The zero-order valence-corrected chi connectivity index (χ0v) is 19.1. The van der Waals surface area contributed by atoms with E-state index in [0.29, 0.717) is 36.3 Å². The van der Waals surface area contributed by atoms with Crippen LogP contribution in [0.25, 0.3) is 0 Å². The first-order valence-electron chi connectivity index (χ1n) is 10.2. The summed E-state index contributed by atoms with van der Waals surface area (Å²) in [7, 11) is -3.09. The summed E-state index contributed by atoms with van der Waals surface area (Å²) in [6.07, 6.45) is 3.73. The lowest BCUT2D eigenvalue weighted by Crippen LogP contribution is -2.44. The van der Waals surface area contributed by atoms with E-state index < -0.39 is 10.0 Å². The van der Waals surface area contributed by atoms with E-state index in [1.54, 1.807) is 4.31 Å². The van der Waals surface area contributed by atoms with E-state index in [1.165, 1.54) is 6.26 Å². The predicted molar refractivity (Wildman–Crippen MR) is 119 cm³/mol. The van der Waals surface area contributed by atoms with Crippen LogP contribution in [0, 0.1) is 5.92 Å². The Morgan fingerprint density at radius 2 is 1.97 bits per heavy atom. The van der Waals surface area contributed by atoms with Gasteiger partial charge in [0.05, 0.1) is 17.8 Å². The number of hydrogen-bond donors (Lipinski definition) is 2. The van der Waals surface area contributed by atoms with Gasteiger partial charge in [0.15, 0.2) is 5.96 Å². The molecule has 1 fully saturated rings. The molecule has 0 amide bonds. The highest BCUT2D eigenvalue weighted by Gasteiger charge is 2.24. The smallest absolute Gasteiger partial charge is 0.211 e. The second kappa shape index (κ2) is 11.6. The van der Waals surface area contributed by atoms with Crippen molar-refractivity contribution in [1.82, 2.24) is 14.9 Å². The van der Waals surface area contributed by atoms with Crippen molar-refractivity contribution in [1.29, 1.82) is 0 Å². The number of nitrogens with zero attached hydrogens (tertiary/aromatic N) is 2. The summed E-state index contributed by atoms with van der Waals surface area (Å²) in [5.74, 6) is 1.85. The Bertz CT molecular complexity index is 765. The SMILES string of the molecule is CCNC(=NCC(CC)Oc1ccccc1Cl)NCC1CCN(S(C)(=O)=O)CC1. The maximum atomic E-state index is 11.6. The molecule has 0 aromatic heterocycles. The van der Waals surface area contributed by atoms with Crippen molar-refractivity contribution in [3.63, 3.8) is 0 Å². The van der Waals surface area contributed by atoms with Crippen LogP contribution in [0.15, 0.2) is 29.3 Å². The third-order valence-electron chi connectivity index (χ3n) is 4.98. The minimum atomic E-state index is -3.09. The van der Waals surface area contributed by atoms with Crippen LogP contribution in [0.3, 0.4) is 0 Å². The number of rotatable bonds is 9. The summed E-state index contributed by atoms with van der Waals surface area (Å²) >= 11 is 6.19. The normalized spacial score (nSPS) is 17.7. The molecule has 1 atom stereocenters. The molecule has 0 radical (unpaired) electrons. The van der Waals surface area contributed by atoms with Crippen LogP contribution in [-0.2, 0) is 10.0 Å². The highest BCUT2D eigenvalue weighted by atomic mass is 35.5. The van der Waals surface area contributed by atoms with Crippen LogP contribution in [-0.4, -0.2) is 63.8 Å². The molecular formula is C20H33ClN4O3S. The Balaban J connectivity index is 1.86. The molecule has 1 aliphatic heterocycles. The van der Waals surface area contributed by atoms with Gasteiger partial charge in [0, 0.05) is 26.2 Å². The molecule has 0 bridgehead atoms. The van der Waals surface area contributed by atoms with Gasteiger partial charge in [-0.05, 0) is 44.2 Å². The number of halogens is 1. The fourth-order valence-corrected chi connectivity index (χ4v) is 4.24. The molecule has 9 heteroatoms. The van der Waals surface area contributed by atoms with Gasteiger partial charge < -0.3 is 15.4 Å². The largest absolute Gasteiger partial charge is 0.487 e. The van der Waals surface area contributed by atoms with Crippen molar-refractivity contribution in [2.45, 2.75) is 39.2 Å². The number of piperidine rings is 1. The zero-order valence-electron chi connectivity index (χ0n) is 17.5. The Labute approximate surface area is 179 Å². The molecule has 2 N–H and O–H groups in total. The van der Waals surface area contributed by atoms with E-state index in [4.69, 9.17) is 16.3 Å². The van der Waals surface area contributed by atoms with Crippen LogP contribution in [0.1, 0.15) is 33.1 Å². The second-order valence-corrected chi connectivity index (χ2v) is 9.67. The number of ether oxygens (including phenoxy) is 1. The van der Waals surface area contributed by atoms with E-state index >= 15 is 0 Å². The molecule has 1 unspecified atom stereocenters. The minimum Gasteiger partial charge on any atom is -0.487 e. The second-order valence-electron chi connectivity index (χ2n) is 7.28. The number of para-hydroxylation sites is 1. The summed E-state index contributed by atoms with van der Waals surface area (Å²) in [5.41, 5.74) is 0. The van der Waals surface area contributed by atoms with Gasteiger partial charge in [0.1, 0.15) is 11.9 Å². The van der Waals surface area contributed by atoms with Crippen molar-refractivity contribution in [3.05, 3.63) is 29.3 Å². The number of nitrogens with one attached hydrogen (secondary N) is 2. The van der Waals surface area contributed by atoms with E-state index in [1.807, 2.05) is 31.2 Å². The van der Waals surface area contributed by atoms with E-state index in [0.717, 1.165) is 38.3 Å². The van der Waals surface area contributed by atoms with Crippen LogP contribution in [0.4, 0.5) is 0 Å². The van der Waals surface area contributed by atoms with Crippen LogP contribution < -0.4 is 15.4 Å². The third kappa shape index (κ3) is 8.03. The topological polar surface area (TPSA) is 83.0 Å². The molecule has 1 saturated heterocycles. The van der Waals surface area contributed by atoms with Gasteiger partial charge in [-0.1, -0.05) is 30.7 Å². The lowest BCUT2D eigenvalue weighted by atomic mass is 9.98. The minimum absolute atomic E-state index is 0.0663. The molecule has 2 rings (SSSR count). The van der Waals surface area contributed by atoms with Gasteiger partial charge in [-0.15, -0.1) is 0 Å². The summed E-state index contributed by atoms with van der Waals surface area (Å²) in [5, 5.41) is 7.25. The molecule has 1 aromatic rings. The quantitative estimate of drug-likeness (QED) is 0.452. The third-order valence-corrected chi connectivity index (χ3v) is 6.60. The average Bonchev–Trinajstić information content (AvgIpc) is 2.70. The highest BCUT2D eigenvalue weighted by Crippen LogP contribution is 2.25. The van der Waals surface area contributed by atoms with Crippen molar-refractivity contribution in [2.24, 2.45) is 10.9 Å². The Morgan fingerprint density at radius 1 is 1.28 bits per heavy atom. The lowest BCUT2D eigenvalue weighted by molar-refractivity contribution is 0.205. The summed E-state index contributed by atoms with van der Waals surface area (Å²) in [6, 6.07) is 7.45. The first-order chi connectivity index (χ1) is 13.8. The number of benzene rings is 1. The van der Waals surface area contributed by atoms with Gasteiger partial charge >= 0.3 is 0 Å². The molecule has 1 aromatic carbocycles. The lowest BCUT2D eigenvalue weighted by Gasteiger charge is -2.30. The number of aliphatic imine (C=N–C) groups is 1. The maximum absolute atomic E-state index is 11.6. The molecule has 1 aliphatic rings. The standard InChI is InChI=1S/C20H33ClN4O3S/c1-4-17(28-19-9-7-6-8-18(19)21)15-24-20(22-5-2)23-14-16-10-12-25(13-11-16)29(3,26)27/h6-9,16-17H,4-5,10-15H2,1-3H3,(H2,22,23,24). The number of hydrogen-bond acceptors (Lipinski definition) is 4. The zero-order chi connectivity index (χ0) is 21.3. The first-order valence-corrected chi connectivity index (χ1v) is 12.4. The van der Waals surface area contributed by atoms with Gasteiger partial charge in [0.25, 0.3) is 0 Å². The van der Waals surface area contributed by atoms with Crippen molar-refractivity contribution in [2.75, 3.05) is 39.0 Å². The van der Waals surface area contributed by atoms with Crippen LogP contribution in [0.2, 0.25) is 5.02 Å². The number of guanidine groups is 1. The number of sulfonamides is 1.